The van der Waals surface area contributed by atoms with Gasteiger partial charge >= 0.3 is 23.9 Å². The minimum Gasteiger partial charge on any atom is -0.481 e. The number of hydrogen-bond acceptors (Lipinski definition) is 7. The fourth-order valence-electron chi connectivity index (χ4n) is 3.15. The van der Waals surface area contributed by atoms with E-state index in [-0.39, 0.29) is 13.1 Å². The molecule has 0 saturated heterocycles. The maximum absolute atomic E-state index is 12.6. The van der Waals surface area contributed by atoms with Gasteiger partial charge in [0.25, 0.3) is 0 Å². The molecule has 9 heteroatoms. The van der Waals surface area contributed by atoms with Crippen molar-refractivity contribution in [2.75, 3.05) is 0 Å². The maximum atomic E-state index is 12.6. The number of aliphatic carboxylic acids is 2. The smallest absolute Gasteiger partial charge is 0.331 e. The number of hydrogen-bond donors (Lipinski definition) is 4. The van der Waals surface area contributed by atoms with Crippen LogP contribution in [-0.2, 0) is 37.0 Å². The van der Waals surface area contributed by atoms with Gasteiger partial charge in [-0.2, -0.15) is 0 Å². The summed E-state index contributed by atoms with van der Waals surface area (Å²) in [5.74, 6) is -4.66. The van der Waals surface area contributed by atoms with E-state index in [1.54, 1.807) is 0 Å². The van der Waals surface area contributed by atoms with Crippen LogP contribution in [0, 0.1) is 13.8 Å². The molecule has 4 N–H and O–H groups in total. The van der Waals surface area contributed by atoms with E-state index in [0.717, 1.165) is 22.3 Å². The molecule has 0 aliphatic rings. The summed E-state index contributed by atoms with van der Waals surface area (Å²) in [6.45, 7) is 4.14. The summed E-state index contributed by atoms with van der Waals surface area (Å²) in [4.78, 5) is 47.6. The number of carboxylic acids is 2. The number of carboxylic acid groups (broad SMARTS) is 2. The highest BCUT2D eigenvalue weighted by Crippen LogP contribution is 2.10. The molecule has 2 unspecified atom stereocenters. The Labute approximate surface area is 191 Å². The summed E-state index contributed by atoms with van der Waals surface area (Å²) in [7, 11) is 0. The lowest BCUT2D eigenvalue weighted by Gasteiger charge is -2.19. The lowest BCUT2D eigenvalue weighted by molar-refractivity contribution is -0.165. The molecule has 176 valence electrons. The van der Waals surface area contributed by atoms with Crippen molar-refractivity contribution < 1.29 is 34.1 Å². The first-order valence-corrected chi connectivity index (χ1v) is 10.4. The number of carbonyl (C=O) groups is 4. The molecule has 0 amide bonds. The van der Waals surface area contributed by atoms with Gasteiger partial charge < -0.3 is 14.9 Å². The van der Waals surface area contributed by atoms with Crippen molar-refractivity contribution >= 4 is 23.9 Å². The van der Waals surface area contributed by atoms with Crippen LogP contribution in [-0.4, -0.2) is 46.2 Å². The molecule has 0 aliphatic heterocycles. The quantitative estimate of drug-likeness (QED) is 0.278. The molecule has 0 fully saturated rings. The van der Waals surface area contributed by atoms with Crippen molar-refractivity contribution in [1.29, 1.82) is 0 Å². The molecule has 0 saturated carbocycles. The minimum absolute atomic E-state index is 0.192. The van der Waals surface area contributed by atoms with E-state index in [4.69, 9.17) is 14.9 Å². The zero-order valence-electron chi connectivity index (χ0n) is 18.5. The number of aryl methyl sites for hydroxylation is 2. The second-order valence-electron chi connectivity index (χ2n) is 7.66. The maximum Gasteiger partial charge on any atom is 0.331 e. The molecule has 0 aromatic heterocycles. The number of ether oxygens (including phenoxy) is 1. The van der Waals surface area contributed by atoms with Crippen molar-refractivity contribution in [3.05, 3.63) is 70.8 Å². The molecule has 0 spiro atoms. The van der Waals surface area contributed by atoms with E-state index < -0.39 is 48.8 Å². The Kier molecular flexibility index (Phi) is 9.71. The van der Waals surface area contributed by atoms with E-state index in [1.165, 1.54) is 0 Å². The minimum atomic E-state index is -1.28. The Morgan fingerprint density at radius 3 is 1.42 bits per heavy atom. The average Bonchev–Trinajstić information content (AvgIpc) is 2.75. The van der Waals surface area contributed by atoms with Crippen LogP contribution in [0.15, 0.2) is 48.5 Å². The third kappa shape index (κ3) is 8.47. The highest BCUT2D eigenvalue weighted by atomic mass is 16.6. The monoisotopic (exact) mass is 456 g/mol. The van der Waals surface area contributed by atoms with Gasteiger partial charge in [0.1, 0.15) is 12.1 Å². The lowest BCUT2D eigenvalue weighted by atomic mass is 10.1. The summed E-state index contributed by atoms with van der Waals surface area (Å²) in [5, 5.41) is 23.9. The number of nitrogens with one attached hydrogen (secondary N) is 2. The van der Waals surface area contributed by atoms with Crippen LogP contribution in [0.3, 0.4) is 0 Å². The van der Waals surface area contributed by atoms with Crippen LogP contribution in [0.25, 0.3) is 0 Å². The number of rotatable bonds is 12. The van der Waals surface area contributed by atoms with Crippen LogP contribution in [0.4, 0.5) is 0 Å². The standard InChI is InChI=1S/C24H28N2O7/c1-15-7-3-5-9-17(15)13-25-19(11-21(27)28)23(31)33-24(32)20(12-22(29)30)26-14-18-10-6-4-8-16(18)2/h3-10,19-20,25-26H,11-14H2,1-2H3,(H,27,28)(H,29,30). The number of benzene rings is 2. The van der Waals surface area contributed by atoms with E-state index in [2.05, 4.69) is 10.6 Å². The highest BCUT2D eigenvalue weighted by Gasteiger charge is 2.30. The first-order chi connectivity index (χ1) is 15.7. The average molecular weight is 456 g/mol. The van der Waals surface area contributed by atoms with Crippen LogP contribution in [0.2, 0.25) is 0 Å². The molecule has 0 radical (unpaired) electrons. The van der Waals surface area contributed by atoms with Crippen LogP contribution in [0.1, 0.15) is 35.1 Å². The van der Waals surface area contributed by atoms with Crippen LogP contribution < -0.4 is 10.6 Å². The predicted molar refractivity (Wildman–Crippen MR) is 119 cm³/mol. The van der Waals surface area contributed by atoms with E-state index >= 15 is 0 Å². The Morgan fingerprint density at radius 2 is 1.09 bits per heavy atom. The molecule has 9 nitrogen and oxygen atoms in total. The van der Waals surface area contributed by atoms with E-state index in [0.29, 0.717) is 0 Å². The summed E-state index contributed by atoms with van der Waals surface area (Å²) in [5.41, 5.74) is 3.61. The Bertz CT molecular complexity index is 926. The van der Waals surface area contributed by atoms with Gasteiger partial charge in [-0.05, 0) is 36.1 Å². The third-order valence-electron chi connectivity index (χ3n) is 5.13. The molecule has 2 aromatic carbocycles. The zero-order valence-corrected chi connectivity index (χ0v) is 18.5. The molecule has 33 heavy (non-hydrogen) atoms. The van der Waals surface area contributed by atoms with Crippen molar-refractivity contribution in [3.63, 3.8) is 0 Å². The third-order valence-corrected chi connectivity index (χ3v) is 5.13. The van der Waals surface area contributed by atoms with Crippen LogP contribution in [0.5, 0.6) is 0 Å². The zero-order chi connectivity index (χ0) is 24.4. The molecule has 2 rings (SSSR count). The van der Waals surface area contributed by atoms with Gasteiger partial charge in [0.15, 0.2) is 0 Å². The summed E-state index contributed by atoms with van der Waals surface area (Å²) in [6.07, 6.45) is -1.20. The molecule has 0 heterocycles. The molecular weight excluding hydrogens is 428 g/mol. The Balaban J connectivity index is 2.05. The number of esters is 2. The Morgan fingerprint density at radius 1 is 0.727 bits per heavy atom. The molecule has 0 bridgehead atoms. The van der Waals surface area contributed by atoms with Crippen molar-refractivity contribution in [2.24, 2.45) is 0 Å². The first-order valence-electron chi connectivity index (χ1n) is 10.4. The summed E-state index contributed by atoms with van der Waals surface area (Å²) >= 11 is 0. The predicted octanol–water partition coefficient (Wildman–Crippen LogP) is 1.94. The number of carbonyl (C=O) groups excluding carboxylic acids is 2. The highest BCUT2D eigenvalue weighted by molar-refractivity contribution is 5.93. The summed E-state index contributed by atoms with van der Waals surface area (Å²) in [6, 6.07) is 12.2. The molecule has 2 atom stereocenters. The van der Waals surface area contributed by atoms with Crippen LogP contribution >= 0.6 is 0 Å². The first kappa shape index (κ1) is 25.7. The second-order valence-corrected chi connectivity index (χ2v) is 7.66. The molecular formula is C24H28N2O7. The van der Waals surface area contributed by atoms with Crippen molar-refractivity contribution in [1.82, 2.24) is 10.6 Å². The largest absolute Gasteiger partial charge is 0.481 e. The molecule has 2 aromatic rings. The van der Waals surface area contributed by atoms with Crippen molar-refractivity contribution in [3.8, 4) is 0 Å². The topological polar surface area (TPSA) is 142 Å². The van der Waals surface area contributed by atoms with Gasteiger partial charge in [-0.15, -0.1) is 0 Å². The summed E-state index contributed by atoms with van der Waals surface area (Å²) < 4.78 is 4.88. The lowest BCUT2D eigenvalue weighted by Crippen LogP contribution is -2.45. The van der Waals surface area contributed by atoms with E-state index in [1.807, 2.05) is 62.4 Å². The fourth-order valence-corrected chi connectivity index (χ4v) is 3.15. The Hall–Kier alpha value is -3.56. The fraction of sp³-hybridized carbons (Fsp3) is 0.333. The SMILES string of the molecule is Cc1ccccc1CNC(CC(=O)O)C(=O)OC(=O)C(CC(=O)O)NCc1ccccc1C. The van der Waals surface area contributed by atoms with Gasteiger partial charge in [0.05, 0.1) is 12.8 Å². The van der Waals surface area contributed by atoms with Gasteiger partial charge in [-0.3, -0.25) is 20.2 Å². The normalized spacial score (nSPS) is 12.5. The van der Waals surface area contributed by atoms with Gasteiger partial charge in [0.2, 0.25) is 0 Å². The van der Waals surface area contributed by atoms with Gasteiger partial charge in [-0.25, -0.2) is 9.59 Å². The van der Waals surface area contributed by atoms with Gasteiger partial charge in [-0.1, -0.05) is 48.5 Å². The molecule has 0 aliphatic carbocycles. The van der Waals surface area contributed by atoms with Crippen molar-refractivity contribution in [2.45, 2.75) is 51.9 Å². The van der Waals surface area contributed by atoms with Gasteiger partial charge in [0, 0.05) is 13.1 Å². The van der Waals surface area contributed by atoms with E-state index in [9.17, 15) is 19.2 Å². The second kappa shape index (κ2) is 12.5.